The number of aliphatic carboxylic acids is 1. The van der Waals surface area contributed by atoms with Crippen molar-refractivity contribution < 1.29 is 9.90 Å². The first-order chi connectivity index (χ1) is 10.6. The van der Waals surface area contributed by atoms with Crippen molar-refractivity contribution >= 4 is 29.1 Å². The Morgan fingerprint density at radius 3 is 2.64 bits per heavy atom. The molecular formula is C17H18N2O2S. The van der Waals surface area contributed by atoms with E-state index in [4.69, 9.17) is 0 Å². The van der Waals surface area contributed by atoms with Crippen molar-refractivity contribution in [2.75, 3.05) is 12.4 Å². The first kappa shape index (κ1) is 14.9. The van der Waals surface area contributed by atoms with Gasteiger partial charge in [-0.1, -0.05) is 36.9 Å². The van der Waals surface area contributed by atoms with E-state index in [1.165, 1.54) is 4.90 Å². The van der Waals surface area contributed by atoms with E-state index >= 15 is 0 Å². The van der Waals surface area contributed by atoms with Gasteiger partial charge in [0, 0.05) is 15.7 Å². The molecule has 4 nitrogen and oxygen atoms in total. The minimum atomic E-state index is -0.830. The van der Waals surface area contributed by atoms with Gasteiger partial charge >= 0.3 is 5.97 Å². The lowest BCUT2D eigenvalue weighted by atomic mass is 9.93. The summed E-state index contributed by atoms with van der Waals surface area (Å²) in [5.41, 5.74) is 3.20. The fourth-order valence-electron chi connectivity index (χ4n) is 2.71. The molecule has 0 amide bonds. The molecule has 0 aromatic heterocycles. The van der Waals surface area contributed by atoms with Crippen LogP contribution < -0.4 is 10.6 Å². The van der Waals surface area contributed by atoms with E-state index in [2.05, 4.69) is 28.8 Å². The van der Waals surface area contributed by atoms with E-state index in [-0.39, 0.29) is 5.92 Å². The molecule has 114 valence electrons. The number of anilines is 2. The summed E-state index contributed by atoms with van der Waals surface area (Å²) in [5, 5.41) is 15.6. The predicted molar refractivity (Wildman–Crippen MR) is 89.2 cm³/mol. The molecule has 1 aliphatic rings. The van der Waals surface area contributed by atoms with E-state index in [9.17, 15) is 9.90 Å². The summed E-state index contributed by atoms with van der Waals surface area (Å²) in [4.78, 5) is 13.6. The molecule has 0 fully saturated rings. The Morgan fingerprint density at radius 1 is 1.18 bits per heavy atom. The molecule has 22 heavy (non-hydrogen) atoms. The summed E-state index contributed by atoms with van der Waals surface area (Å²) in [6.45, 7) is 1.94. The van der Waals surface area contributed by atoms with Gasteiger partial charge in [0.1, 0.15) is 6.04 Å². The van der Waals surface area contributed by atoms with Crippen LogP contribution in [0.15, 0.2) is 52.3 Å². The van der Waals surface area contributed by atoms with Crippen molar-refractivity contribution in [1.82, 2.24) is 5.32 Å². The lowest BCUT2D eigenvalue weighted by molar-refractivity contribution is -0.139. The number of benzene rings is 2. The van der Waals surface area contributed by atoms with Crippen LogP contribution in [0.2, 0.25) is 0 Å². The number of nitrogens with one attached hydrogen (secondary N) is 2. The van der Waals surface area contributed by atoms with Crippen molar-refractivity contribution in [2.24, 2.45) is 0 Å². The number of para-hydroxylation sites is 1. The van der Waals surface area contributed by atoms with E-state index in [0.717, 1.165) is 21.8 Å². The van der Waals surface area contributed by atoms with Gasteiger partial charge in [0.15, 0.2) is 0 Å². The van der Waals surface area contributed by atoms with Crippen molar-refractivity contribution in [3.63, 3.8) is 0 Å². The van der Waals surface area contributed by atoms with Crippen LogP contribution in [0.1, 0.15) is 18.4 Å². The number of hydrogen-bond donors (Lipinski definition) is 3. The lowest BCUT2D eigenvalue weighted by Gasteiger charge is -2.24. The molecular weight excluding hydrogens is 296 g/mol. The predicted octanol–water partition coefficient (Wildman–Crippen LogP) is 3.67. The quantitative estimate of drug-likeness (QED) is 0.686. The van der Waals surface area contributed by atoms with E-state index in [0.29, 0.717) is 0 Å². The van der Waals surface area contributed by atoms with E-state index in [1.807, 2.05) is 31.2 Å². The zero-order valence-corrected chi connectivity index (χ0v) is 13.3. The topological polar surface area (TPSA) is 61.4 Å². The average molecular weight is 314 g/mol. The summed E-state index contributed by atoms with van der Waals surface area (Å²) in [7, 11) is 1.68. The van der Waals surface area contributed by atoms with Crippen LogP contribution in [0.5, 0.6) is 0 Å². The molecule has 2 atom stereocenters. The summed E-state index contributed by atoms with van der Waals surface area (Å²) in [6, 6.07) is 13.7. The Kier molecular flexibility index (Phi) is 4.09. The highest BCUT2D eigenvalue weighted by molar-refractivity contribution is 7.99. The Morgan fingerprint density at radius 2 is 1.91 bits per heavy atom. The minimum Gasteiger partial charge on any atom is -0.480 e. The van der Waals surface area contributed by atoms with Crippen LogP contribution in [0.4, 0.5) is 11.4 Å². The highest BCUT2D eigenvalue weighted by Crippen LogP contribution is 2.44. The Balaban J connectivity index is 1.91. The highest BCUT2D eigenvalue weighted by atomic mass is 32.2. The van der Waals surface area contributed by atoms with Crippen molar-refractivity contribution in [2.45, 2.75) is 28.7 Å². The highest BCUT2D eigenvalue weighted by Gasteiger charge is 2.25. The maximum atomic E-state index is 11.3. The number of carbonyl (C=O) groups is 1. The van der Waals surface area contributed by atoms with Gasteiger partial charge in [-0.25, -0.2) is 0 Å². The molecule has 0 saturated heterocycles. The number of likely N-dealkylation sites (N-methyl/N-ethyl adjacent to an activating group) is 1. The maximum absolute atomic E-state index is 11.3. The number of fused-ring (bicyclic) bond motifs is 2. The molecule has 2 aromatic carbocycles. The number of carboxylic acid groups (broad SMARTS) is 1. The normalized spacial score (nSPS) is 15.2. The minimum absolute atomic E-state index is 0.106. The third kappa shape index (κ3) is 2.69. The molecule has 0 spiro atoms. The molecule has 0 radical (unpaired) electrons. The number of carboxylic acids is 1. The van der Waals surface area contributed by atoms with Crippen LogP contribution >= 0.6 is 11.8 Å². The van der Waals surface area contributed by atoms with Gasteiger partial charge < -0.3 is 15.7 Å². The maximum Gasteiger partial charge on any atom is 0.321 e. The number of rotatable bonds is 4. The van der Waals surface area contributed by atoms with Crippen molar-refractivity contribution in [1.29, 1.82) is 0 Å². The van der Waals surface area contributed by atoms with Crippen molar-refractivity contribution in [3.05, 3.63) is 48.0 Å². The lowest BCUT2D eigenvalue weighted by Crippen LogP contribution is -2.38. The van der Waals surface area contributed by atoms with Gasteiger partial charge in [0.05, 0.1) is 11.4 Å². The number of hydrogen-bond acceptors (Lipinski definition) is 4. The SMILES string of the molecule is CNC(C(=O)O)C(C)c1ccc2c(c1)Sc1ccccc1N2. The molecule has 2 aromatic rings. The standard InChI is InChI=1S/C17H18N2O2S/c1-10(16(18-2)17(20)21)11-7-8-13-15(9-11)22-14-6-4-3-5-12(14)19-13/h3-10,16,18-19H,1-2H3,(H,20,21). The van der Waals surface area contributed by atoms with Gasteiger partial charge in [0.25, 0.3) is 0 Å². The van der Waals surface area contributed by atoms with Crippen LogP contribution in [0, 0.1) is 0 Å². The van der Waals surface area contributed by atoms with Crippen LogP contribution in [0.3, 0.4) is 0 Å². The Labute approximate surface area is 133 Å². The fraction of sp³-hybridized carbons (Fsp3) is 0.235. The van der Waals surface area contributed by atoms with E-state index < -0.39 is 12.0 Å². The summed E-state index contributed by atoms with van der Waals surface area (Å²) in [5.74, 6) is -0.936. The molecule has 1 aliphatic heterocycles. The third-order valence-corrected chi connectivity index (χ3v) is 5.12. The molecule has 1 heterocycles. The molecule has 5 heteroatoms. The molecule has 3 rings (SSSR count). The molecule has 0 aliphatic carbocycles. The average Bonchev–Trinajstić information content (AvgIpc) is 2.52. The summed E-state index contributed by atoms with van der Waals surface area (Å²) in [6.07, 6.45) is 0. The first-order valence-corrected chi connectivity index (χ1v) is 7.99. The Bertz CT molecular complexity index is 718. The third-order valence-electron chi connectivity index (χ3n) is 3.98. The second-order valence-corrected chi connectivity index (χ2v) is 6.46. The molecule has 2 unspecified atom stereocenters. The Hall–Kier alpha value is -1.98. The monoisotopic (exact) mass is 314 g/mol. The summed E-state index contributed by atoms with van der Waals surface area (Å²) < 4.78 is 0. The van der Waals surface area contributed by atoms with E-state index in [1.54, 1.807) is 18.8 Å². The zero-order valence-electron chi connectivity index (χ0n) is 12.5. The van der Waals surface area contributed by atoms with Crippen LogP contribution in [0.25, 0.3) is 0 Å². The first-order valence-electron chi connectivity index (χ1n) is 7.18. The van der Waals surface area contributed by atoms with Gasteiger partial charge in [-0.3, -0.25) is 4.79 Å². The van der Waals surface area contributed by atoms with Crippen LogP contribution in [-0.2, 0) is 4.79 Å². The largest absolute Gasteiger partial charge is 0.480 e. The van der Waals surface area contributed by atoms with Crippen molar-refractivity contribution in [3.8, 4) is 0 Å². The summed E-state index contributed by atoms with van der Waals surface area (Å²) >= 11 is 1.71. The zero-order chi connectivity index (χ0) is 15.7. The van der Waals surface area contributed by atoms with Gasteiger partial charge in [0.2, 0.25) is 0 Å². The molecule has 3 N–H and O–H groups in total. The van der Waals surface area contributed by atoms with Crippen LogP contribution in [-0.4, -0.2) is 24.2 Å². The fourth-order valence-corrected chi connectivity index (χ4v) is 3.75. The second-order valence-electron chi connectivity index (χ2n) is 5.37. The van der Waals surface area contributed by atoms with Gasteiger partial charge in [-0.2, -0.15) is 0 Å². The molecule has 0 bridgehead atoms. The van der Waals surface area contributed by atoms with Gasteiger partial charge in [-0.05, 0) is 36.9 Å². The smallest absolute Gasteiger partial charge is 0.321 e. The van der Waals surface area contributed by atoms with Gasteiger partial charge in [-0.15, -0.1) is 0 Å². The second kappa shape index (κ2) is 6.02. The molecule has 0 saturated carbocycles.